The van der Waals surface area contributed by atoms with E-state index in [1.807, 2.05) is 43.3 Å². The van der Waals surface area contributed by atoms with E-state index in [0.29, 0.717) is 12.2 Å². The fourth-order valence-electron chi connectivity index (χ4n) is 7.48. The largest absolute Gasteiger partial charge is 0.446 e. The number of nitrogens with two attached hydrogens (primary N) is 1. The van der Waals surface area contributed by atoms with Crippen LogP contribution in [-0.4, -0.2) is 94.0 Å². The topological polar surface area (TPSA) is 200 Å². The molecule has 4 heterocycles. The van der Waals surface area contributed by atoms with Crippen molar-refractivity contribution in [2.24, 2.45) is 5.73 Å². The zero-order chi connectivity index (χ0) is 35.8. The van der Waals surface area contributed by atoms with Gasteiger partial charge in [0.15, 0.2) is 5.82 Å². The van der Waals surface area contributed by atoms with Crippen molar-refractivity contribution >= 4 is 47.1 Å². The predicted octanol–water partition coefficient (Wildman–Crippen LogP) is 2.61. The zero-order valence-corrected chi connectivity index (χ0v) is 28.2. The lowest BCUT2D eigenvalue weighted by Gasteiger charge is -2.36. The highest BCUT2D eigenvalue weighted by Crippen LogP contribution is 2.36. The SMILES string of the molecule is C[C@@H](C(=O)Nc1cc([C@@H]2CC[C@H](OC(N)=O)C2)[nH]n1)c1ccc(CN2CCN(c3ccc4c(c3)C(=O)N(C3CCC(=O)NC3=O)C4=O)CC2)cc1. The number of aromatic nitrogens is 2. The van der Waals surface area contributed by atoms with Crippen LogP contribution in [0.15, 0.2) is 48.5 Å². The van der Waals surface area contributed by atoms with E-state index in [0.717, 1.165) is 73.0 Å². The van der Waals surface area contributed by atoms with E-state index in [1.165, 1.54) is 0 Å². The average molecular weight is 697 g/mol. The maximum Gasteiger partial charge on any atom is 0.404 e. The molecule has 51 heavy (non-hydrogen) atoms. The number of amides is 6. The van der Waals surface area contributed by atoms with Crippen LogP contribution in [0, 0.1) is 0 Å². The molecule has 4 aliphatic rings. The van der Waals surface area contributed by atoms with Crippen LogP contribution in [0.2, 0.25) is 0 Å². The molecule has 1 aromatic heterocycles. The minimum Gasteiger partial charge on any atom is -0.446 e. The van der Waals surface area contributed by atoms with Crippen LogP contribution < -0.4 is 21.3 Å². The summed E-state index contributed by atoms with van der Waals surface area (Å²) in [7, 11) is 0. The van der Waals surface area contributed by atoms with Crippen molar-refractivity contribution in [2.75, 3.05) is 36.4 Å². The second-order valence-corrected chi connectivity index (χ2v) is 13.7. The quantitative estimate of drug-likeness (QED) is 0.241. The van der Waals surface area contributed by atoms with E-state index < -0.39 is 41.7 Å². The Morgan fingerprint density at radius 1 is 0.961 bits per heavy atom. The van der Waals surface area contributed by atoms with Crippen molar-refractivity contribution in [1.29, 1.82) is 0 Å². The number of fused-ring (bicyclic) bond motifs is 1. The van der Waals surface area contributed by atoms with Crippen molar-refractivity contribution < 1.29 is 33.5 Å². The van der Waals surface area contributed by atoms with Crippen LogP contribution in [0.25, 0.3) is 0 Å². The molecule has 4 atom stereocenters. The molecule has 2 aromatic carbocycles. The number of nitrogens with one attached hydrogen (secondary N) is 3. The van der Waals surface area contributed by atoms with Crippen LogP contribution in [-0.2, 0) is 25.7 Å². The summed E-state index contributed by atoms with van der Waals surface area (Å²) in [5, 5.41) is 12.4. The van der Waals surface area contributed by atoms with Crippen molar-refractivity contribution in [3.05, 3.63) is 76.5 Å². The van der Waals surface area contributed by atoms with Gasteiger partial charge >= 0.3 is 6.09 Å². The molecule has 5 N–H and O–H groups in total. The molecule has 0 bridgehead atoms. The first-order valence-electron chi connectivity index (χ1n) is 17.3. The lowest BCUT2D eigenvalue weighted by atomic mass is 9.98. The van der Waals surface area contributed by atoms with Gasteiger partial charge in [0.25, 0.3) is 11.8 Å². The Hall–Kier alpha value is -5.57. The van der Waals surface area contributed by atoms with Gasteiger partial charge in [-0.15, -0.1) is 0 Å². The molecule has 3 fully saturated rings. The molecule has 2 saturated heterocycles. The summed E-state index contributed by atoms with van der Waals surface area (Å²) in [6, 6.07) is 14.1. The second-order valence-electron chi connectivity index (χ2n) is 13.7. The van der Waals surface area contributed by atoms with Crippen LogP contribution in [0.1, 0.15) is 88.4 Å². The number of hydrogen-bond acceptors (Lipinski definition) is 10. The molecule has 3 aromatic rings. The van der Waals surface area contributed by atoms with Gasteiger partial charge in [0.2, 0.25) is 17.7 Å². The van der Waals surface area contributed by atoms with Crippen LogP contribution in [0.5, 0.6) is 0 Å². The van der Waals surface area contributed by atoms with Crippen LogP contribution in [0.4, 0.5) is 16.3 Å². The van der Waals surface area contributed by atoms with Gasteiger partial charge in [-0.2, -0.15) is 5.10 Å². The van der Waals surface area contributed by atoms with Crippen molar-refractivity contribution in [1.82, 2.24) is 25.3 Å². The maximum atomic E-state index is 13.3. The summed E-state index contributed by atoms with van der Waals surface area (Å²) < 4.78 is 5.12. The van der Waals surface area contributed by atoms with Crippen molar-refractivity contribution in [3.8, 4) is 0 Å². The number of nitrogens with zero attached hydrogens (tertiary/aromatic N) is 4. The monoisotopic (exact) mass is 696 g/mol. The predicted molar refractivity (Wildman–Crippen MR) is 184 cm³/mol. The second kappa shape index (κ2) is 14.0. The van der Waals surface area contributed by atoms with Gasteiger partial charge in [-0.1, -0.05) is 24.3 Å². The lowest BCUT2D eigenvalue weighted by Crippen LogP contribution is -2.54. The van der Waals surface area contributed by atoms with Gasteiger partial charge in [0.1, 0.15) is 12.1 Å². The van der Waals surface area contributed by atoms with Gasteiger partial charge in [-0.25, -0.2) is 4.79 Å². The Labute approximate surface area is 293 Å². The molecule has 3 aliphatic heterocycles. The normalized spacial score (nSPS) is 22.9. The number of H-pyrrole nitrogens is 1. The van der Waals surface area contributed by atoms with Gasteiger partial charge in [0, 0.05) is 62.5 Å². The highest BCUT2D eigenvalue weighted by Gasteiger charge is 2.45. The maximum absolute atomic E-state index is 13.3. The minimum atomic E-state index is -0.989. The first-order chi connectivity index (χ1) is 24.5. The number of ether oxygens (including phenoxy) is 1. The number of benzene rings is 2. The van der Waals surface area contributed by atoms with Gasteiger partial charge < -0.3 is 20.7 Å². The standard InChI is InChI=1S/C36H40N8O7/c1-20(32(46)38-30-18-28(40-41-30)23-6-8-25(16-23)51-36(37)50)22-4-2-21(3-5-22)19-42-12-14-43(15-13-42)24-7-9-26-27(17-24)35(49)44(34(26)48)29-10-11-31(45)39-33(29)47/h2-5,7,9,17-18,20,23,25,29H,6,8,10-16,19H2,1H3,(H2,37,50)(H,39,45,47)(H2,38,40,41,46)/t20-,23-,25+,29?/m1/s1. The minimum absolute atomic E-state index is 0.0783. The number of carbonyl (C=O) groups excluding carboxylic acids is 6. The molecule has 7 rings (SSSR count). The molecular formula is C36H40N8O7. The molecule has 1 aliphatic carbocycles. The van der Waals surface area contributed by atoms with Gasteiger partial charge in [-0.3, -0.25) is 44.2 Å². The summed E-state index contributed by atoms with van der Waals surface area (Å²) in [5.41, 5.74) is 9.43. The molecular weight excluding hydrogens is 656 g/mol. The number of carbonyl (C=O) groups is 6. The van der Waals surface area contributed by atoms with E-state index >= 15 is 0 Å². The van der Waals surface area contributed by atoms with Crippen molar-refractivity contribution in [2.45, 2.75) is 69.6 Å². The Balaban J connectivity index is 0.891. The smallest absolute Gasteiger partial charge is 0.404 e. The first kappa shape index (κ1) is 33.9. The summed E-state index contributed by atoms with van der Waals surface area (Å²) in [5.74, 6) is -2.01. The molecule has 1 unspecified atom stereocenters. The summed E-state index contributed by atoms with van der Waals surface area (Å²) in [6.07, 6.45) is 1.45. The van der Waals surface area contributed by atoms with E-state index in [9.17, 15) is 28.8 Å². The molecule has 0 spiro atoms. The van der Waals surface area contributed by atoms with Crippen molar-refractivity contribution in [3.63, 3.8) is 0 Å². The number of rotatable bonds is 9. The molecule has 15 nitrogen and oxygen atoms in total. The van der Waals surface area contributed by atoms with E-state index in [2.05, 4.69) is 30.6 Å². The summed E-state index contributed by atoms with van der Waals surface area (Å²) in [6.45, 7) is 5.63. The number of piperidine rings is 1. The van der Waals surface area contributed by atoms with E-state index in [1.54, 1.807) is 12.1 Å². The number of imide groups is 2. The number of piperazine rings is 1. The fraction of sp³-hybridized carbons (Fsp3) is 0.417. The highest BCUT2D eigenvalue weighted by molar-refractivity contribution is 6.23. The average Bonchev–Trinajstić information content (AvgIpc) is 3.83. The molecule has 0 radical (unpaired) electrons. The number of anilines is 2. The Morgan fingerprint density at radius 2 is 1.71 bits per heavy atom. The zero-order valence-electron chi connectivity index (χ0n) is 28.2. The van der Waals surface area contributed by atoms with Gasteiger partial charge in [0.05, 0.1) is 17.0 Å². The summed E-state index contributed by atoms with van der Waals surface area (Å²) >= 11 is 0. The lowest BCUT2D eigenvalue weighted by molar-refractivity contribution is -0.136. The van der Waals surface area contributed by atoms with E-state index in [-0.39, 0.29) is 41.9 Å². The molecule has 6 amide bonds. The van der Waals surface area contributed by atoms with Crippen LogP contribution in [0.3, 0.4) is 0 Å². The molecule has 266 valence electrons. The Kier molecular flexibility index (Phi) is 9.29. The molecule has 1 saturated carbocycles. The third kappa shape index (κ3) is 7.06. The summed E-state index contributed by atoms with van der Waals surface area (Å²) in [4.78, 5) is 79.9. The number of aromatic amines is 1. The first-order valence-corrected chi connectivity index (χ1v) is 17.3. The third-order valence-corrected chi connectivity index (χ3v) is 10.4. The Bertz CT molecular complexity index is 1880. The number of hydrogen-bond donors (Lipinski definition) is 4. The van der Waals surface area contributed by atoms with E-state index in [4.69, 9.17) is 10.5 Å². The number of primary amides is 1. The Morgan fingerprint density at radius 3 is 2.43 bits per heavy atom. The fourth-order valence-corrected chi connectivity index (χ4v) is 7.48. The molecule has 15 heteroatoms. The third-order valence-electron chi connectivity index (χ3n) is 10.4. The van der Waals surface area contributed by atoms with Crippen LogP contribution >= 0.6 is 0 Å². The highest BCUT2D eigenvalue weighted by atomic mass is 16.6. The van der Waals surface area contributed by atoms with Gasteiger partial charge in [-0.05, 0) is 61.9 Å².